The van der Waals surface area contributed by atoms with Crippen LogP contribution in [0.1, 0.15) is 16.1 Å². The molecule has 0 fully saturated rings. The van der Waals surface area contributed by atoms with Gasteiger partial charge in [0.05, 0.1) is 22.5 Å². The van der Waals surface area contributed by atoms with Gasteiger partial charge in [-0.1, -0.05) is 48.5 Å². The molecule has 0 radical (unpaired) electrons. The molecule has 0 spiro atoms. The molecule has 7 nitrogen and oxygen atoms in total. The lowest BCUT2D eigenvalue weighted by atomic mass is 9.94. The maximum absolute atomic E-state index is 12.8. The average Bonchev–Trinajstić information content (AvgIpc) is 3.34. The maximum atomic E-state index is 12.8. The molecule has 1 amide bonds. The molecule has 39 heavy (non-hydrogen) atoms. The van der Waals surface area contributed by atoms with E-state index in [0.717, 1.165) is 62.2 Å². The minimum atomic E-state index is -5.08. The number of carbonyl (C=O) groups excluding carboxylic acids is 1. The minimum Gasteiger partial charge on any atom is -0.475 e. The van der Waals surface area contributed by atoms with E-state index in [1.165, 1.54) is 0 Å². The van der Waals surface area contributed by atoms with Crippen LogP contribution in [0, 0.1) is 0 Å². The van der Waals surface area contributed by atoms with Crippen LogP contribution in [0.5, 0.6) is 0 Å². The molecule has 1 aliphatic rings. The number of benzene rings is 2. The van der Waals surface area contributed by atoms with Gasteiger partial charge in [-0.05, 0) is 29.8 Å². The topological polar surface area (TPSA) is 108 Å². The number of aromatic nitrogens is 3. The average molecular weight is 531 g/mol. The third-order valence-electron chi connectivity index (χ3n) is 6.21. The number of aliphatic carboxylic acids is 1. The number of amides is 1. The normalized spacial score (nSPS) is 12.7. The van der Waals surface area contributed by atoms with Gasteiger partial charge in [-0.3, -0.25) is 14.8 Å². The van der Waals surface area contributed by atoms with Crippen LogP contribution in [-0.4, -0.2) is 44.7 Å². The summed E-state index contributed by atoms with van der Waals surface area (Å²) in [4.78, 5) is 34.4. The zero-order valence-electron chi connectivity index (χ0n) is 20.3. The Morgan fingerprint density at radius 3 is 2.33 bits per heavy atom. The van der Waals surface area contributed by atoms with Crippen LogP contribution in [0.15, 0.2) is 85.2 Å². The molecule has 196 valence electrons. The van der Waals surface area contributed by atoms with E-state index in [-0.39, 0.29) is 5.91 Å². The molecular weight excluding hydrogens is 509 g/mol. The van der Waals surface area contributed by atoms with E-state index in [4.69, 9.17) is 9.90 Å². The Bertz CT molecular complexity index is 1680. The standard InChI is InChI=1S/C27H20N4O.C2HF3O2/c32-27-25-22(11-13-29-27)31-26(24(25)17-6-2-1-3-7-17)19-10-12-28-23(15-19)20-14-18-8-4-5-9-21(18)30-16-20;3-2(4,5)1(6)7/h1-10,12,14-16,31H,11,13H2,(H,29,32);(H,6,7). The molecule has 5 aromatic rings. The number of rotatable bonds is 3. The van der Waals surface area contributed by atoms with Gasteiger partial charge in [0.1, 0.15) is 0 Å². The van der Waals surface area contributed by atoms with Crippen molar-refractivity contribution in [2.24, 2.45) is 0 Å². The number of H-pyrrole nitrogens is 1. The number of hydrogen-bond donors (Lipinski definition) is 3. The van der Waals surface area contributed by atoms with Crippen molar-refractivity contribution < 1.29 is 27.9 Å². The zero-order valence-corrected chi connectivity index (χ0v) is 20.3. The van der Waals surface area contributed by atoms with Crippen LogP contribution in [0.25, 0.3) is 44.5 Å². The van der Waals surface area contributed by atoms with E-state index in [1.54, 1.807) is 0 Å². The van der Waals surface area contributed by atoms with Gasteiger partial charge in [-0.2, -0.15) is 13.2 Å². The Morgan fingerprint density at radius 1 is 0.872 bits per heavy atom. The quantitative estimate of drug-likeness (QED) is 0.270. The molecular formula is C29H21F3N4O3. The number of carbonyl (C=O) groups is 2. The number of carboxylic acids is 1. The summed E-state index contributed by atoms with van der Waals surface area (Å²) in [7, 11) is 0. The molecule has 0 unspecified atom stereocenters. The summed E-state index contributed by atoms with van der Waals surface area (Å²) in [6.07, 6.45) is -0.623. The van der Waals surface area contributed by atoms with Crippen molar-refractivity contribution >= 4 is 22.8 Å². The molecule has 0 atom stereocenters. The fourth-order valence-electron chi connectivity index (χ4n) is 4.44. The number of hydrogen-bond acceptors (Lipinski definition) is 4. The van der Waals surface area contributed by atoms with Crippen molar-refractivity contribution in [3.8, 4) is 33.6 Å². The largest absolute Gasteiger partial charge is 0.490 e. The summed E-state index contributed by atoms with van der Waals surface area (Å²) in [6, 6.07) is 24.3. The summed E-state index contributed by atoms with van der Waals surface area (Å²) in [6.45, 7) is 0.643. The first kappa shape index (κ1) is 25.7. The molecule has 6 rings (SSSR count). The summed E-state index contributed by atoms with van der Waals surface area (Å²) in [5, 5.41) is 11.2. The number of carboxylic acid groups (broad SMARTS) is 1. The third-order valence-corrected chi connectivity index (χ3v) is 6.21. The monoisotopic (exact) mass is 530 g/mol. The van der Waals surface area contributed by atoms with Crippen molar-refractivity contribution in [2.75, 3.05) is 6.54 Å². The lowest BCUT2D eigenvalue weighted by molar-refractivity contribution is -0.192. The van der Waals surface area contributed by atoms with Gasteiger partial charge in [0, 0.05) is 53.1 Å². The van der Waals surface area contributed by atoms with E-state index >= 15 is 0 Å². The van der Waals surface area contributed by atoms with Gasteiger partial charge in [0.25, 0.3) is 5.91 Å². The summed E-state index contributed by atoms with van der Waals surface area (Å²) >= 11 is 0. The first-order valence-electron chi connectivity index (χ1n) is 11.9. The van der Waals surface area contributed by atoms with Crippen LogP contribution in [0.2, 0.25) is 0 Å². The van der Waals surface area contributed by atoms with Crippen molar-refractivity contribution in [3.63, 3.8) is 0 Å². The third kappa shape index (κ3) is 5.35. The smallest absolute Gasteiger partial charge is 0.475 e. The Kier molecular flexibility index (Phi) is 6.84. The Morgan fingerprint density at radius 2 is 1.59 bits per heavy atom. The van der Waals surface area contributed by atoms with Gasteiger partial charge in [0.15, 0.2) is 0 Å². The molecule has 0 saturated carbocycles. The van der Waals surface area contributed by atoms with E-state index in [2.05, 4.69) is 38.5 Å². The number of nitrogens with zero attached hydrogens (tertiary/aromatic N) is 2. The van der Waals surface area contributed by atoms with E-state index < -0.39 is 12.1 Å². The lowest BCUT2D eigenvalue weighted by Crippen LogP contribution is -2.31. The predicted molar refractivity (Wildman–Crippen MR) is 140 cm³/mol. The molecule has 10 heteroatoms. The molecule has 0 bridgehead atoms. The van der Waals surface area contributed by atoms with Crippen LogP contribution < -0.4 is 5.32 Å². The highest BCUT2D eigenvalue weighted by Crippen LogP contribution is 2.38. The van der Waals surface area contributed by atoms with Crippen molar-refractivity contribution in [1.29, 1.82) is 0 Å². The lowest BCUT2D eigenvalue weighted by Gasteiger charge is -2.14. The number of fused-ring (bicyclic) bond motifs is 2. The number of pyridine rings is 2. The van der Waals surface area contributed by atoms with E-state index in [0.29, 0.717) is 6.54 Å². The van der Waals surface area contributed by atoms with Crippen molar-refractivity contribution in [2.45, 2.75) is 12.6 Å². The van der Waals surface area contributed by atoms with Crippen molar-refractivity contribution in [3.05, 3.63) is 96.4 Å². The summed E-state index contributed by atoms with van der Waals surface area (Å²) < 4.78 is 31.7. The first-order chi connectivity index (χ1) is 18.7. The molecule has 4 heterocycles. The Balaban J connectivity index is 0.000000392. The van der Waals surface area contributed by atoms with Crippen molar-refractivity contribution in [1.82, 2.24) is 20.3 Å². The van der Waals surface area contributed by atoms with Gasteiger partial charge >= 0.3 is 12.1 Å². The minimum absolute atomic E-state index is 0.0272. The van der Waals surface area contributed by atoms with Crippen LogP contribution in [0.4, 0.5) is 13.2 Å². The number of halogens is 3. The SMILES string of the molecule is O=C(O)C(F)(F)F.O=C1NCCc2[nH]c(-c3ccnc(-c4cnc5ccccc5c4)c3)c(-c3ccccc3)c21. The fraction of sp³-hybridized carbons (Fsp3) is 0.103. The molecule has 0 saturated heterocycles. The second-order valence-electron chi connectivity index (χ2n) is 8.75. The molecule has 3 aromatic heterocycles. The molecule has 1 aliphatic heterocycles. The number of alkyl halides is 3. The highest BCUT2D eigenvalue weighted by atomic mass is 19.4. The van der Waals surface area contributed by atoms with Gasteiger partial charge in [-0.25, -0.2) is 4.79 Å². The Hall–Kier alpha value is -4.99. The van der Waals surface area contributed by atoms with Crippen LogP contribution in [0.3, 0.4) is 0 Å². The number of aromatic amines is 1. The summed E-state index contributed by atoms with van der Waals surface area (Å²) in [5.74, 6) is -2.78. The maximum Gasteiger partial charge on any atom is 0.490 e. The highest BCUT2D eigenvalue weighted by Gasteiger charge is 2.38. The van der Waals surface area contributed by atoms with Gasteiger partial charge < -0.3 is 15.4 Å². The van der Waals surface area contributed by atoms with E-state index in [9.17, 15) is 18.0 Å². The predicted octanol–water partition coefficient (Wildman–Crippen LogP) is 5.88. The number of nitrogens with one attached hydrogen (secondary N) is 2. The van der Waals surface area contributed by atoms with Gasteiger partial charge in [-0.15, -0.1) is 0 Å². The zero-order chi connectivity index (χ0) is 27.6. The molecule has 3 N–H and O–H groups in total. The van der Waals surface area contributed by atoms with Gasteiger partial charge in [0.2, 0.25) is 0 Å². The molecule has 0 aliphatic carbocycles. The number of para-hydroxylation sites is 1. The second kappa shape index (κ2) is 10.4. The molecule has 2 aromatic carbocycles. The van der Waals surface area contributed by atoms with Crippen LogP contribution >= 0.6 is 0 Å². The first-order valence-corrected chi connectivity index (χ1v) is 11.9. The second-order valence-corrected chi connectivity index (χ2v) is 8.75. The van der Waals surface area contributed by atoms with Crippen LogP contribution in [-0.2, 0) is 11.2 Å². The fourth-order valence-corrected chi connectivity index (χ4v) is 4.44. The Labute approximate surface area is 220 Å². The highest BCUT2D eigenvalue weighted by molar-refractivity contribution is 6.06. The summed E-state index contributed by atoms with van der Waals surface area (Å²) in [5.41, 5.74) is 8.37. The van der Waals surface area contributed by atoms with E-state index in [1.807, 2.05) is 67.0 Å².